The first-order chi connectivity index (χ1) is 13.2. The molecule has 0 amide bonds. The molecule has 1 aromatic heterocycles. The number of aliphatic hydroxyl groups excluding tert-OH is 1. The molecule has 1 aromatic carbocycles. The molecule has 0 spiro atoms. The van der Waals surface area contributed by atoms with Crippen LogP contribution in [0.3, 0.4) is 0 Å². The van der Waals surface area contributed by atoms with Crippen LogP contribution in [0.1, 0.15) is 24.1 Å². The molecule has 6 nitrogen and oxygen atoms in total. The van der Waals surface area contributed by atoms with Crippen molar-refractivity contribution in [2.75, 3.05) is 49.1 Å². The molecule has 3 heterocycles. The summed E-state index contributed by atoms with van der Waals surface area (Å²) in [7, 11) is 0. The van der Waals surface area contributed by atoms with Crippen LogP contribution in [0.2, 0.25) is 0 Å². The Morgan fingerprint density at radius 3 is 2.52 bits per heavy atom. The zero-order valence-corrected chi connectivity index (χ0v) is 16.1. The van der Waals surface area contributed by atoms with Gasteiger partial charge >= 0.3 is 0 Å². The summed E-state index contributed by atoms with van der Waals surface area (Å²) < 4.78 is 0. The lowest BCUT2D eigenvalue weighted by Crippen LogP contribution is -2.34. The summed E-state index contributed by atoms with van der Waals surface area (Å²) in [4.78, 5) is 16.3. The first-order valence-corrected chi connectivity index (χ1v) is 9.97. The van der Waals surface area contributed by atoms with E-state index >= 15 is 0 Å². The Balaban J connectivity index is 1.48. The van der Waals surface area contributed by atoms with Gasteiger partial charge in [-0.2, -0.15) is 4.98 Å². The van der Waals surface area contributed by atoms with Gasteiger partial charge in [-0.3, -0.25) is 4.90 Å². The van der Waals surface area contributed by atoms with Crippen molar-refractivity contribution >= 4 is 11.8 Å². The van der Waals surface area contributed by atoms with E-state index in [4.69, 9.17) is 4.98 Å². The Bertz CT molecular complexity index is 747. The molecular weight excluding hydrogens is 338 g/mol. The highest BCUT2D eigenvalue weighted by molar-refractivity contribution is 5.46. The highest BCUT2D eigenvalue weighted by atomic mass is 16.3. The zero-order valence-electron chi connectivity index (χ0n) is 16.1. The van der Waals surface area contributed by atoms with Crippen molar-refractivity contribution in [3.8, 4) is 0 Å². The molecule has 0 bridgehead atoms. The number of aromatic nitrogens is 2. The van der Waals surface area contributed by atoms with Gasteiger partial charge in [0.05, 0.1) is 6.10 Å². The average molecular weight is 367 g/mol. The molecule has 2 aliphatic rings. The van der Waals surface area contributed by atoms with Crippen LogP contribution in [0, 0.1) is 6.92 Å². The summed E-state index contributed by atoms with van der Waals surface area (Å²) in [5.41, 5.74) is 2.27. The maximum absolute atomic E-state index is 10.6. The summed E-state index contributed by atoms with van der Waals surface area (Å²) in [6, 6.07) is 12.5. The average Bonchev–Trinajstić information content (AvgIpc) is 3.13. The van der Waals surface area contributed by atoms with E-state index in [0.29, 0.717) is 13.1 Å². The van der Waals surface area contributed by atoms with Crippen LogP contribution in [-0.2, 0) is 6.54 Å². The van der Waals surface area contributed by atoms with E-state index < -0.39 is 0 Å². The standard InChI is InChI=1S/C21H29N5O/c1-17-13-20(23-21(22-17)25-9-5-6-10-25)26-12-11-24(15-19(27)16-26)14-18-7-3-2-4-8-18/h2-4,7-8,13,19,27H,5-6,9-12,14-16H2,1H3/t19-/m1/s1. The molecule has 2 aromatic rings. The normalized spacial score (nSPS) is 21.5. The molecule has 2 saturated heterocycles. The molecule has 0 radical (unpaired) electrons. The largest absolute Gasteiger partial charge is 0.390 e. The third-order valence-corrected chi connectivity index (χ3v) is 5.38. The predicted molar refractivity (Wildman–Crippen MR) is 108 cm³/mol. The van der Waals surface area contributed by atoms with Crippen LogP contribution in [0.25, 0.3) is 0 Å². The van der Waals surface area contributed by atoms with E-state index in [1.165, 1.54) is 18.4 Å². The molecule has 4 rings (SSSR count). The molecule has 2 fully saturated rings. The van der Waals surface area contributed by atoms with Crippen LogP contribution in [0.4, 0.5) is 11.8 Å². The minimum absolute atomic E-state index is 0.387. The van der Waals surface area contributed by atoms with Gasteiger partial charge in [-0.15, -0.1) is 0 Å². The van der Waals surface area contributed by atoms with Gasteiger partial charge in [0.1, 0.15) is 5.82 Å². The van der Waals surface area contributed by atoms with E-state index in [9.17, 15) is 5.11 Å². The minimum Gasteiger partial charge on any atom is -0.390 e. The monoisotopic (exact) mass is 367 g/mol. The second-order valence-corrected chi connectivity index (χ2v) is 7.68. The number of hydrogen-bond donors (Lipinski definition) is 1. The van der Waals surface area contributed by atoms with Gasteiger partial charge in [-0.25, -0.2) is 4.98 Å². The molecule has 0 saturated carbocycles. The Morgan fingerprint density at radius 1 is 0.963 bits per heavy atom. The Morgan fingerprint density at radius 2 is 1.74 bits per heavy atom. The maximum Gasteiger partial charge on any atom is 0.227 e. The lowest BCUT2D eigenvalue weighted by molar-refractivity contribution is 0.129. The number of rotatable bonds is 4. The minimum atomic E-state index is -0.387. The van der Waals surface area contributed by atoms with Gasteiger partial charge in [0.2, 0.25) is 5.95 Å². The summed E-state index contributed by atoms with van der Waals surface area (Å²) >= 11 is 0. The number of β-amino-alcohol motifs (C(OH)–C–C–N with tert-alkyl or cyclic N) is 1. The van der Waals surface area contributed by atoms with E-state index in [1.54, 1.807) is 0 Å². The second kappa shape index (κ2) is 8.23. The molecule has 0 aliphatic carbocycles. The number of aliphatic hydroxyl groups is 1. The zero-order chi connectivity index (χ0) is 18.6. The van der Waals surface area contributed by atoms with Gasteiger partial charge in [0.25, 0.3) is 0 Å². The number of aryl methyl sites for hydroxylation is 1. The maximum atomic E-state index is 10.6. The van der Waals surface area contributed by atoms with E-state index in [2.05, 4.69) is 43.9 Å². The fourth-order valence-electron chi connectivity index (χ4n) is 4.01. The summed E-state index contributed by atoms with van der Waals surface area (Å²) in [5, 5.41) is 10.6. The highest BCUT2D eigenvalue weighted by Crippen LogP contribution is 2.22. The first-order valence-electron chi connectivity index (χ1n) is 9.97. The lowest BCUT2D eigenvalue weighted by atomic mass is 10.2. The van der Waals surface area contributed by atoms with Crippen molar-refractivity contribution in [3.05, 3.63) is 47.7 Å². The number of nitrogens with zero attached hydrogens (tertiary/aromatic N) is 5. The van der Waals surface area contributed by atoms with Crippen LogP contribution in [-0.4, -0.2) is 65.3 Å². The summed E-state index contributed by atoms with van der Waals surface area (Å²) in [6.07, 6.45) is 2.04. The van der Waals surface area contributed by atoms with Crippen molar-refractivity contribution in [2.45, 2.75) is 32.4 Å². The number of hydrogen-bond acceptors (Lipinski definition) is 6. The molecule has 0 unspecified atom stereocenters. The smallest absolute Gasteiger partial charge is 0.227 e. The van der Waals surface area contributed by atoms with Gasteiger partial charge in [0, 0.05) is 57.6 Å². The highest BCUT2D eigenvalue weighted by Gasteiger charge is 2.24. The van der Waals surface area contributed by atoms with Crippen LogP contribution >= 0.6 is 0 Å². The quantitative estimate of drug-likeness (QED) is 0.893. The van der Waals surface area contributed by atoms with Gasteiger partial charge in [-0.1, -0.05) is 30.3 Å². The van der Waals surface area contributed by atoms with E-state index in [1.807, 2.05) is 19.1 Å². The molecule has 2 aliphatic heterocycles. The van der Waals surface area contributed by atoms with Crippen molar-refractivity contribution in [3.63, 3.8) is 0 Å². The molecular formula is C21H29N5O. The Labute approximate surface area is 161 Å². The Kier molecular flexibility index (Phi) is 5.55. The topological polar surface area (TPSA) is 55.7 Å². The molecule has 1 atom stereocenters. The number of anilines is 2. The number of benzene rings is 1. The second-order valence-electron chi connectivity index (χ2n) is 7.68. The van der Waals surface area contributed by atoms with Crippen molar-refractivity contribution in [1.82, 2.24) is 14.9 Å². The Hall–Kier alpha value is -2.18. The van der Waals surface area contributed by atoms with Crippen LogP contribution in [0.15, 0.2) is 36.4 Å². The SMILES string of the molecule is Cc1cc(N2CCN(Cc3ccccc3)C[C@@H](O)C2)nc(N2CCCC2)n1. The van der Waals surface area contributed by atoms with E-state index in [0.717, 1.165) is 50.2 Å². The predicted octanol–water partition coefficient (Wildman–Crippen LogP) is 2.07. The fourth-order valence-corrected chi connectivity index (χ4v) is 4.01. The third kappa shape index (κ3) is 4.57. The van der Waals surface area contributed by atoms with Crippen LogP contribution < -0.4 is 9.80 Å². The molecule has 6 heteroatoms. The van der Waals surface area contributed by atoms with Crippen molar-refractivity contribution in [1.29, 1.82) is 0 Å². The third-order valence-electron chi connectivity index (χ3n) is 5.38. The van der Waals surface area contributed by atoms with Gasteiger partial charge in [-0.05, 0) is 25.3 Å². The lowest BCUT2D eigenvalue weighted by Gasteiger charge is -2.25. The summed E-state index contributed by atoms with van der Waals surface area (Å²) in [6.45, 7) is 8.05. The molecule has 27 heavy (non-hydrogen) atoms. The fraction of sp³-hybridized carbons (Fsp3) is 0.524. The summed E-state index contributed by atoms with van der Waals surface area (Å²) in [5.74, 6) is 1.77. The first kappa shape index (κ1) is 18.2. The molecule has 144 valence electrons. The van der Waals surface area contributed by atoms with E-state index in [-0.39, 0.29) is 6.10 Å². The van der Waals surface area contributed by atoms with Gasteiger partial charge < -0.3 is 14.9 Å². The van der Waals surface area contributed by atoms with Crippen LogP contribution in [0.5, 0.6) is 0 Å². The van der Waals surface area contributed by atoms with Crippen molar-refractivity contribution < 1.29 is 5.11 Å². The van der Waals surface area contributed by atoms with Gasteiger partial charge in [0.15, 0.2) is 0 Å². The van der Waals surface area contributed by atoms with Crippen molar-refractivity contribution in [2.24, 2.45) is 0 Å². The molecule has 1 N–H and O–H groups in total.